The quantitative estimate of drug-likeness (QED) is 0.742. The van der Waals surface area contributed by atoms with E-state index in [1.54, 1.807) is 31.2 Å². The third kappa shape index (κ3) is 3.03. The Balaban J connectivity index is 1.92. The lowest BCUT2D eigenvalue weighted by atomic mass is 10.2. The van der Waals surface area contributed by atoms with E-state index in [1.165, 1.54) is 16.9 Å². The third-order valence-electron chi connectivity index (χ3n) is 3.46. The van der Waals surface area contributed by atoms with Gasteiger partial charge in [0.2, 0.25) is 0 Å². The number of benzene rings is 2. The van der Waals surface area contributed by atoms with Crippen molar-refractivity contribution in [3.8, 4) is 5.69 Å². The largest absolute Gasteiger partial charge is 0.321 e. The molecule has 6 heteroatoms. The zero-order valence-electron chi connectivity index (χ0n) is 12.3. The molecule has 0 saturated heterocycles. The van der Waals surface area contributed by atoms with Crippen LogP contribution in [0.3, 0.4) is 0 Å². The van der Waals surface area contributed by atoms with Crippen LogP contribution in [0.25, 0.3) is 5.69 Å². The molecule has 0 saturated carbocycles. The summed E-state index contributed by atoms with van der Waals surface area (Å²) in [6.45, 7) is 1.73. The Labute approximate surface area is 141 Å². The molecule has 0 aliphatic heterocycles. The van der Waals surface area contributed by atoms with Crippen LogP contribution in [0.1, 0.15) is 16.1 Å². The highest BCUT2D eigenvalue weighted by molar-refractivity contribution is 9.10. The lowest BCUT2D eigenvalue weighted by molar-refractivity contribution is 0.102. The Bertz CT molecular complexity index is 876. The van der Waals surface area contributed by atoms with Gasteiger partial charge < -0.3 is 5.32 Å². The molecule has 0 spiro atoms. The van der Waals surface area contributed by atoms with Gasteiger partial charge in [0.1, 0.15) is 11.5 Å². The Morgan fingerprint density at radius 1 is 1.17 bits per heavy atom. The van der Waals surface area contributed by atoms with E-state index in [2.05, 4.69) is 26.3 Å². The number of nitrogens with zero attached hydrogens (tertiary/aromatic N) is 2. The van der Waals surface area contributed by atoms with Crippen molar-refractivity contribution >= 4 is 27.5 Å². The first-order chi connectivity index (χ1) is 11.1. The summed E-state index contributed by atoms with van der Waals surface area (Å²) in [5.74, 6) is -0.687. The molecule has 1 N–H and O–H groups in total. The highest BCUT2D eigenvalue weighted by Crippen LogP contribution is 2.23. The van der Waals surface area contributed by atoms with Gasteiger partial charge in [0, 0.05) is 4.47 Å². The summed E-state index contributed by atoms with van der Waals surface area (Å²) >= 11 is 3.38. The molecule has 23 heavy (non-hydrogen) atoms. The molecule has 3 rings (SSSR count). The number of halogens is 2. The Morgan fingerprint density at radius 3 is 2.61 bits per heavy atom. The maximum absolute atomic E-state index is 13.9. The van der Waals surface area contributed by atoms with E-state index in [1.807, 2.05) is 18.2 Å². The van der Waals surface area contributed by atoms with Gasteiger partial charge in [-0.25, -0.2) is 9.07 Å². The van der Waals surface area contributed by atoms with Crippen molar-refractivity contribution in [2.24, 2.45) is 0 Å². The van der Waals surface area contributed by atoms with Crippen LogP contribution in [0.2, 0.25) is 0 Å². The molecule has 1 amide bonds. The van der Waals surface area contributed by atoms with E-state index >= 15 is 0 Å². The predicted octanol–water partition coefficient (Wildman–Crippen LogP) is 4.33. The minimum Gasteiger partial charge on any atom is -0.321 e. The number of carbonyl (C=O) groups is 1. The van der Waals surface area contributed by atoms with Crippen molar-refractivity contribution in [1.29, 1.82) is 0 Å². The molecular formula is C17H13BrFN3O. The van der Waals surface area contributed by atoms with E-state index in [0.717, 1.165) is 4.47 Å². The summed E-state index contributed by atoms with van der Waals surface area (Å²) < 4.78 is 16.1. The van der Waals surface area contributed by atoms with E-state index in [-0.39, 0.29) is 5.91 Å². The van der Waals surface area contributed by atoms with Crippen LogP contribution in [0.4, 0.5) is 10.1 Å². The molecular weight excluding hydrogens is 361 g/mol. The van der Waals surface area contributed by atoms with Gasteiger partial charge in [-0.3, -0.25) is 4.79 Å². The summed E-state index contributed by atoms with van der Waals surface area (Å²) in [6, 6.07) is 13.6. The summed E-state index contributed by atoms with van der Waals surface area (Å²) in [5.41, 5.74) is 1.93. The minimum absolute atomic E-state index is 0.294. The van der Waals surface area contributed by atoms with E-state index < -0.39 is 5.82 Å². The minimum atomic E-state index is -0.392. The van der Waals surface area contributed by atoms with Crippen LogP contribution >= 0.6 is 15.9 Å². The standard InChI is InChI=1S/C17H13BrFN3O/c1-11-12(17(23)21-15-8-4-2-6-13(15)18)10-20-22(11)16-9-5-3-7-14(16)19/h2-10H,1H3,(H,21,23). The lowest BCUT2D eigenvalue weighted by Crippen LogP contribution is -2.13. The van der Waals surface area contributed by atoms with Crippen molar-refractivity contribution < 1.29 is 9.18 Å². The summed E-state index contributed by atoms with van der Waals surface area (Å²) in [4.78, 5) is 12.4. The molecule has 0 aliphatic carbocycles. The summed E-state index contributed by atoms with van der Waals surface area (Å²) in [6.07, 6.45) is 1.44. The Morgan fingerprint density at radius 2 is 1.87 bits per heavy atom. The van der Waals surface area contributed by atoms with Gasteiger partial charge in [0.15, 0.2) is 0 Å². The molecule has 0 fully saturated rings. The second kappa shape index (κ2) is 6.34. The number of hydrogen-bond acceptors (Lipinski definition) is 2. The fourth-order valence-corrected chi connectivity index (χ4v) is 2.64. The number of hydrogen-bond donors (Lipinski definition) is 1. The van der Waals surface area contributed by atoms with Gasteiger partial charge >= 0.3 is 0 Å². The average molecular weight is 374 g/mol. The van der Waals surface area contributed by atoms with Gasteiger partial charge in [-0.05, 0) is 47.1 Å². The zero-order chi connectivity index (χ0) is 16.4. The Kier molecular flexibility index (Phi) is 4.25. The smallest absolute Gasteiger partial charge is 0.259 e. The van der Waals surface area contributed by atoms with Gasteiger partial charge in [-0.15, -0.1) is 0 Å². The van der Waals surface area contributed by atoms with Gasteiger partial charge in [-0.2, -0.15) is 5.10 Å². The van der Waals surface area contributed by atoms with Crippen LogP contribution in [0, 0.1) is 12.7 Å². The number of para-hydroxylation sites is 2. The Hall–Kier alpha value is -2.47. The number of anilines is 1. The number of nitrogens with one attached hydrogen (secondary N) is 1. The van der Waals surface area contributed by atoms with Crippen molar-refractivity contribution in [1.82, 2.24) is 9.78 Å². The van der Waals surface area contributed by atoms with E-state index in [4.69, 9.17) is 0 Å². The van der Waals surface area contributed by atoms with Crippen LogP contribution < -0.4 is 5.32 Å². The SMILES string of the molecule is Cc1c(C(=O)Nc2ccccc2Br)cnn1-c1ccccc1F. The molecule has 0 bridgehead atoms. The van der Waals surface area contributed by atoms with Crippen LogP contribution in [0.15, 0.2) is 59.2 Å². The maximum Gasteiger partial charge on any atom is 0.259 e. The maximum atomic E-state index is 13.9. The van der Waals surface area contributed by atoms with Crippen molar-refractivity contribution in [2.75, 3.05) is 5.32 Å². The van der Waals surface area contributed by atoms with Crippen molar-refractivity contribution in [2.45, 2.75) is 6.92 Å². The molecule has 4 nitrogen and oxygen atoms in total. The van der Waals surface area contributed by atoms with Gasteiger partial charge in [-0.1, -0.05) is 24.3 Å². The monoisotopic (exact) mass is 373 g/mol. The topological polar surface area (TPSA) is 46.9 Å². The number of amides is 1. The van der Waals surface area contributed by atoms with Crippen LogP contribution in [-0.4, -0.2) is 15.7 Å². The van der Waals surface area contributed by atoms with Crippen LogP contribution in [-0.2, 0) is 0 Å². The molecule has 0 atom stereocenters. The number of rotatable bonds is 3. The first-order valence-corrected chi connectivity index (χ1v) is 7.72. The highest BCUT2D eigenvalue weighted by atomic mass is 79.9. The predicted molar refractivity (Wildman–Crippen MR) is 90.4 cm³/mol. The van der Waals surface area contributed by atoms with Crippen molar-refractivity contribution in [3.05, 3.63) is 76.3 Å². The fraction of sp³-hybridized carbons (Fsp3) is 0.0588. The second-order valence-corrected chi connectivity index (χ2v) is 5.80. The lowest BCUT2D eigenvalue weighted by Gasteiger charge is -2.08. The molecule has 116 valence electrons. The molecule has 2 aromatic carbocycles. The average Bonchev–Trinajstić information content (AvgIpc) is 2.92. The number of aromatic nitrogens is 2. The van der Waals surface area contributed by atoms with Gasteiger partial charge in [0.05, 0.1) is 23.1 Å². The second-order valence-electron chi connectivity index (χ2n) is 4.94. The molecule has 3 aromatic rings. The summed E-state index contributed by atoms with van der Waals surface area (Å²) in [5, 5.41) is 6.95. The first kappa shape index (κ1) is 15.4. The molecule has 1 heterocycles. The van der Waals surface area contributed by atoms with Gasteiger partial charge in [0.25, 0.3) is 5.91 Å². The third-order valence-corrected chi connectivity index (χ3v) is 4.15. The fourth-order valence-electron chi connectivity index (χ4n) is 2.25. The summed E-state index contributed by atoms with van der Waals surface area (Å²) in [7, 11) is 0. The highest BCUT2D eigenvalue weighted by Gasteiger charge is 2.17. The first-order valence-electron chi connectivity index (χ1n) is 6.93. The van der Waals surface area contributed by atoms with E-state index in [9.17, 15) is 9.18 Å². The number of carbonyl (C=O) groups excluding carboxylic acids is 1. The molecule has 0 radical (unpaired) electrons. The molecule has 0 unspecified atom stereocenters. The van der Waals surface area contributed by atoms with Crippen molar-refractivity contribution in [3.63, 3.8) is 0 Å². The van der Waals surface area contributed by atoms with Crippen LogP contribution in [0.5, 0.6) is 0 Å². The normalized spacial score (nSPS) is 10.6. The zero-order valence-corrected chi connectivity index (χ0v) is 13.8. The van der Waals surface area contributed by atoms with E-state index in [0.29, 0.717) is 22.6 Å². The molecule has 0 aliphatic rings. The molecule has 1 aromatic heterocycles.